The van der Waals surface area contributed by atoms with Crippen LogP contribution in [-0.2, 0) is 13.6 Å². The zero-order valence-corrected chi connectivity index (χ0v) is 12.0. The minimum absolute atomic E-state index is 0.0813. The second-order valence-corrected chi connectivity index (χ2v) is 5.16. The summed E-state index contributed by atoms with van der Waals surface area (Å²) in [4.78, 5) is 2.04. The fourth-order valence-corrected chi connectivity index (χ4v) is 2.82. The first kappa shape index (κ1) is 13.4. The van der Waals surface area contributed by atoms with Crippen molar-refractivity contribution in [1.82, 2.24) is 9.78 Å². The van der Waals surface area contributed by atoms with Gasteiger partial charge in [-0.3, -0.25) is 4.68 Å². The topological polar surface area (TPSA) is 79.7 Å². The highest BCUT2D eigenvalue weighted by molar-refractivity contribution is 7.07. The Bertz CT molecular complexity index is 588. The number of anilines is 1. The molecule has 2 aromatic heterocycles. The van der Waals surface area contributed by atoms with Gasteiger partial charge in [0.1, 0.15) is 5.82 Å². The Morgan fingerprint density at radius 3 is 2.95 bits per heavy atom. The number of nitrogens with two attached hydrogens (primary N) is 1. The molecule has 0 fully saturated rings. The third-order valence-corrected chi connectivity index (χ3v) is 3.65. The summed E-state index contributed by atoms with van der Waals surface area (Å²) in [5.74, 6) is 0.914. The predicted octanol–water partition coefficient (Wildman–Crippen LogP) is 1.52. The summed E-state index contributed by atoms with van der Waals surface area (Å²) in [5.41, 5.74) is 8.37. The highest BCUT2D eigenvalue weighted by atomic mass is 32.1. The van der Waals surface area contributed by atoms with Gasteiger partial charge in [-0.05, 0) is 29.3 Å². The lowest BCUT2D eigenvalue weighted by molar-refractivity contribution is 0.318. The fourth-order valence-electron chi connectivity index (χ4n) is 2.17. The fraction of sp³-hybridized carbons (Fsp3) is 0.333. The van der Waals surface area contributed by atoms with Crippen LogP contribution in [0.5, 0.6) is 0 Å². The first-order valence-corrected chi connectivity index (χ1v) is 6.72. The lowest BCUT2D eigenvalue weighted by atomic mass is 10.2. The van der Waals surface area contributed by atoms with E-state index in [0.717, 1.165) is 18.1 Å². The quantitative estimate of drug-likeness (QED) is 0.385. The SMILES string of the molecule is Cc1nn(C)c(N(C)Cc2ccsc2)c1C(N)=NO. The van der Waals surface area contributed by atoms with E-state index in [0.29, 0.717) is 5.56 Å². The maximum atomic E-state index is 8.89. The molecule has 0 saturated heterocycles. The van der Waals surface area contributed by atoms with Crippen molar-refractivity contribution in [2.45, 2.75) is 13.5 Å². The first-order valence-electron chi connectivity index (χ1n) is 5.78. The van der Waals surface area contributed by atoms with Crippen LogP contribution in [0.15, 0.2) is 22.0 Å². The molecule has 0 spiro atoms. The highest BCUT2D eigenvalue weighted by Crippen LogP contribution is 2.23. The molecule has 0 aliphatic rings. The number of thiophene rings is 1. The van der Waals surface area contributed by atoms with Crippen LogP contribution in [0.2, 0.25) is 0 Å². The molecule has 2 rings (SSSR count). The number of amidine groups is 1. The maximum Gasteiger partial charge on any atom is 0.175 e. The summed E-state index contributed by atoms with van der Waals surface area (Å²) in [7, 11) is 3.81. The van der Waals surface area contributed by atoms with Gasteiger partial charge in [-0.1, -0.05) is 5.16 Å². The molecule has 0 aliphatic carbocycles. The van der Waals surface area contributed by atoms with Crippen LogP contribution in [-0.4, -0.2) is 27.9 Å². The summed E-state index contributed by atoms with van der Waals surface area (Å²) in [5, 5.41) is 20.5. The number of hydrogen-bond donors (Lipinski definition) is 2. The van der Waals surface area contributed by atoms with Gasteiger partial charge in [-0.15, -0.1) is 0 Å². The zero-order chi connectivity index (χ0) is 14.0. The van der Waals surface area contributed by atoms with Crippen LogP contribution in [0, 0.1) is 6.92 Å². The van der Waals surface area contributed by atoms with Crippen molar-refractivity contribution in [3.8, 4) is 0 Å². The van der Waals surface area contributed by atoms with Gasteiger partial charge in [0.25, 0.3) is 0 Å². The molecular formula is C12H17N5OS. The smallest absolute Gasteiger partial charge is 0.175 e. The molecule has 6 nitrogen and oxygen atoms in total. The van der Waals surface area contributed by atoms with Crippen molar-refractivity contribution in [2.75, 3.05) is 11.9 Å². The molecule has 2 heterocycles. The predicted molar refractivity (Wildman–Crippen MR) is 76.9 cm³/mol. The van der Waals surface area contributed by atoms with Crippen molar-refractivity contribution in [2.24, 2.45) is 17.9 Å². The zero-order valence-electron chi connectivity index (χ0n) is 11.2. The molecule has 2 aromatic rings. The number of nitrogens with zero attached hydrogens (tertiary/aromatic N) is 4. The van der Waals surface area contributed by atoms with Crippen LogP contribution in [0.4, 0.5) is 5.82 Å². The van der Waals surface area contributed by atoms with Crippen molar-refractivity contribution < 1.29 is 5.21 Å². The lowest BCUT2D eigenvalue weighted by Crippen LogP contribution is -2.24. The van der Waals surface area contributed by atoms with Crippen molar-refractivity contribution in [1.29, 1.82) is 0 Å². The monoisotopic (exact) mass is 279 g/mol. The Morgan fingerprint density at radius 2 is 2.37 bits per heavy atom. The summed E-state index contributed by atoms with van der Waals surface area (Å²) in [6.45, 7) is 2.59. The van der Waals surface area contributed by atoms with Gasteiger partial charge in [0.2, 0.25) is 0 Å². The molecule has 7 heteroatoms. The molecule has 3 N–H and O–H groups in total. The van der Waals surface area contributed by atoms with Crippen LogP contribution in [0.3, 0.4) is 0 Å². The molecular weight excluding hydrogens is 262 g/mol. The van der Waals surface area contributed by atoms with E-state index in [2.05, 4.69) is 21.7 Å². The summed E-state index contributed by atoms with van der Waals surface area (Å²) in [6, 6.07) is 2.08. The van der Waals surface area contributed by atoms with E-state index >= 15 is 0 Å². The molecule has 19 heavy (non-hydrogen) atoms. The molecule has 102 valence electrons. The van der Waals surface area contributed by atoms with Crippen molar-refractivity contribution in [3.05, 3.63) is 33.6 Å². The maximum absolute atomic E-state index is 8.89. The molecule has 0 aromatic carbocycles. The third-order valence-electron chi connectivity index (χ3n) is 2.92. The van der Waals surface area contributed by atoms with Crippen LogP contribution >= 0.6 is 11.3 Å². The second kappa shape index (κ2) is 5.31. The summed E-state index contributed by atoms with van der Waals surface area (Å²) in [6.07, 6.45) is 0. The van der Waals surface area contributed by atoms with E-state index in [4.69, 9.17) is 10.9 Å². The molecule has 0 atom stereocenters. The van der Waals surface area contributed by atoms with Crippen LogP contribution < -0.4 is 10.6 Å². The second-order valence-electron chi connectivity index (χ2n) is 4.38. The Labute approximate surface area is 115 Å². The average molecular weight is 279 g/mol. The number of hydrogen-bond acceptors (Lipinski definition) is 5. The van der Waals surface area contributed by atoms with E-state index < -0.39 is 0 Å². The van der Waals surface area contributed by atoms with Crippen molar-refractivity contribution in [3.63, 3.8) is 0 Å². The highest BCUT2D eigenvalue weighted by Gasteiger charge is 2.20. The first-order chi connectivity index (χ1) is 9.04. The van der Waals surface area contributed by atoms with Gasteiger partial charge in [0, 0.05) is 20.6 Å². The minimum atomic E-state index is 0.0813. The van der Waals surface area contributed by atoms with Crippen molar-refractivity contribution >= 4 is 23.0 Å². The largest absolute Gasteiger partial charge is 0.409 e. The van der Waals surface area contributed by atoms with Gasteiger partial charge in [0.15, 0.2) is 5.84 Å². The number of aryl methyl sites for hydroxylation is 2. The summed E-state index contributed by atoms with van der Waals surface area (Å²) < 4.78 is 1.75. The third kappa shape index (κ3) is 2.55. The van der Waals surface area contributed by atoms with E-state index in [-0.39, 0.29) is 5.84 Å². The molecule has 0 amide bonds. The molecule has 0 saturated carbocycles. The number of oxime groups is 1. The summed E-state index contributed by atoms with van der Waals surface area (Å²) >= 11 is 1.66. The number of aromatic nitrogens is 2. The average Bonchev–Trinajstić information content (AvgIpc) is 2.95. The Morgan fingerprint density at radius 1 is 1.63 bits per heavy atom. The van der Waals surface area contributed by atoms with Gasteiger partial charge < -0.3 is 15.8 Å². The van der Waals surface area contributed by atoms with Crippen LogP contribution in [0.25, 0.3) is 0 Å². The molecule has 0 unspecified atom stereocenters. The van der Waals surface area contributed by atoms with E-state index in [9.17, 15) is 0 Å². The van der Waals surface area contributed by atoms with Gasteiger partial charge in [0.05, 0.1) is 11.3 Å². The van der Waals surface area contributed by atoms with Gasteiger partial charge in [-0.25, -0.2) is 0 Å². The lowest BCUT2D eigenvalue weighted by Gasteiger charge is -2.20. The van der Waals surface area contributed by atoms with E-state index in [1.54, 1.807) is 16.0 Å². The van der Waals surface area contributed by atoms with E-state index in [1.807, 2.05) is 31.3 Å². The normalized spacial score (nSPS) is 11.8. The Balaban J connectivity index is 2.38. The minimum Gasteiger partial charge on any atom is -0.409 e. The standard InChI is InChI=1S/C12H17N5OS/c1-8-10(11(13)15-18)12(17(3)14-8)16(2)6-9-4-5-19-7-9/h4-5,7,18H,6H2,1-3H3,(H2,13,15). The Hall–Kier alpha value is -2.02. The molecule has 0 bridgehead atoms. The van der Waals surface area contributed by atoms with Gasteiger partial charge in [-0.2, -0.15) is 16.4 Å². The molecule has 0 radical (unpaired) electrons. The van der Waals surface area contributed by atoms with Gasteiger partial charge >= 0.3 is 0 Å². The van der Waals surface area contributed by atoms with E-state index in [1.165, 1.54) is 5.56 Å². The molecule has 0 aliphatic heterocycles. The van der Waals surface area contributed by atoms with Crippen LogP contribution in [0.1, 0.15) is 16.8 Å². The Kier molecular flexibility index (Phi) is 3.75. The number of rotatable bonds is 4.